The average molecular weight is 458 g/mol. The molecule has 1 aliphatic rings. The first kappa shape index (κ1) is 21.0. The summed E-state index contributed by atoms with van der Waals surface area (Å²) in [6.07, 6.45) is 3.17. The van der Waals surface area contributed by atoms with E-state index in [4.69, 9.17) is 9.15 Å². The first-order valence-electron chi connectivity index (χ1n) is 10.2. The Labute approximate surface area is 192 Å². The summed E-state index contributed by atoms with van der Waals surface area (Å²) in [5, 5.41) is 24.5. The van der Waals surface area contributed by atoms with Crippen molar-refractivity contribution in [2.24, 2.45) is 0 Å². The van der Waals surface area contributed by atoms with Gasteiger partial charge in [0.1, 0.15) is 11.4 Å². The Kier molecular flexibility index (Phi) is 4.90. The molecule has 1 saturated heterocycles. The van der Waals surface area contributed by atoms with Crippen molar-refractivity contribution >= 4 is 22.7 Å². The molecule has 0 aliphatic carbocycles. The van der Waals surface area contributed by atoms with Gasteiger partial charge in [-0.3, -0.25) is 10.1 Å². The van der Waals surface area contributed by atoms with Crippen LogP contribution in [0.5, 0.6) is 11.6 Å². The van der Waals surface area contributed by atoms with Crippen molar-refractivity contribution in [1.29, 1.82) is 0 Å². The van der Waals surface area contributed by atoms with Crippen molar-refractivity contribution < 1.29 is 23.8 Å². The third-order valence-corrected chi connectivity index (χ3v) is 5.35. The lowest BCUT2D eigenvalue weighted by Gasteiger charge is -2.20. The fourth-order valence-electron chi connectivity index (χ4n) is 3.63. The minimum Gasteiger partial charge on any atom is -0.497 e. The lowest BCUT2D eigenvalue weighted by atomic mass is 10.00. The fraction of sp³-hybridized carbons (Fsp3) is 0.174. The molecule has 1 aliphatic heterocycles. The number of aromatic nitrogens is 4. The molecule has 0 spiro atoms. The smallest absolute Gasteiger partial charge is 0.323 e. The Morgan fingerprint density at radius 3 is 2.74 bits per heavy atom. The number of carbonyl (C=O) groups excluding carboxylic acids is 2. The maximum absolute atomic E-state index is 12.7. The number of nitrogens with one attached hydrogen (secondary N) is 2. The molecule has 11 nitrogen and oxygen atoms in total. The van der Waals surface area contributed by atoms with Crippen LogP contribution >= 0.6 is 0 Å². The second-order valence-electron chi connectivity index (χ2n) is 7.66. The van der Waals surface area contributed by atoms with E-state index in [9.17, 15) is 14.7 Å². The molecular formula is C23H18N6O5. The van der Waals surface area contributed by atoms with Gasteiger partial charge in [-0.1, -0.05) is 11.8 Å². The van der Waals surface area contributed by atoms with Crippen LogP contribution in [-0.4, -0.2) is 49.4 Å². The summed E-state index contributed by atoms with van der Waals surface area (Å²) in [6, 6.07) is 7.91. The van der Waals surface area contributed by atoms with E-state index in [2.05, 4.69) is 37.7 Å². The molecule has 3 N–H and O–H groups in total. The topological polar surface area (TPSA) is 144 Å². The zero-order valence-corrected chi connectivity index (χ0v) is 18.1. The van der Waals surface area contributed by atoms with E-state index < -0.39 is 17.5 Å². The summed E-state index contributed by atoms with van der Waals surface area (Å²) in [6.45, 7) is 1.56. The maximum atomic E-state index is 12.7. The molecule has 3 aromatic heterocycles. The van der Waals surface area contributed by atoms with Gasteiger partial charge in [-0.2, -0.15) is 0 Å². The molecular weight excluding hydrogens is 440 g/mol. The maximum Gasteiger partial charge on any atom is 0.323 e. The van der Waals surface area contributed by atoms with Crippen LogP contribution < -0.4 is 15.4 Å². The SMILES string of the molecule is COc1ccc2cn(C[C@@]3(C#Cc4ccc(-c5nnc(C)o5)nc4)NC(=O)NC3=O)c(O)c2c1. The van der Waals surface area contributed by atoms with Gasteiger partial charge in [0.05, 0.1) is 13.7 Å². The van der Waals surface area contributed by atoms with Crippen LogP contribution in [0.4, 0.5) is 4.79 Å². The number of pyridine rings is 1. The van der Waals surface area contributed by atoms with E-state index >= 15 is 0 Å². The van der Waals surface area contributed by atoms with Gasteiger partial charge in [-0.15, -0.1) is 10.2 Å². The van der Waals surface area contributed by atoms with Crippen LogP contribution in [-0.2, 0) is 11.3 Å². The lowest BCUT2D eigenvalue weighted by molar-refractivity contribution is -0.122. The Morgan fingerprint density at radius 1 is 1.24 bits per heavy atom. The monoisotopic (exact) mass is 458 g/mol. The van der Waals surface area contributed by atoms with Crippen LogP contribution in [0.1, 0.15) is 11.5 Å². The molecule has 5 rings (SSSR count). The Bertz CT molecular complexity index is 1490. The zero-order chi connectivity index (χ0) is 23.9. The number of aromatic hydroxyl groups is 1. The molecule has 170 valence electrons. The van der Waals surface area contributed by atoms with Crippen molar-refractivity contribution in [2.75, 3.05) is 7.11 Å². The molecule has 11 heteroatoms. The van der Waals surface area contributed by atoms with Crippen molar-refractivity contribution in [3.05, 3.63) is 54.2 Å². The summed E-state index contributed by atoms with van der Waals surface area (Å²) >= 11 is 0. The van der Waals surface area contributed by atoms with Gasteiger partial charge in [0.25, 0.3) is 11.8 Å². The number of aryl methyl sites for hydroxylation is 1. The number of nitrogens with zero attached hydrogens (tertiary/aromatic N) is 4. The highest BCUT2D eigenvalue weighted by molar-refractivity contribution is 6.09. The lowest BCUT2D eigenvalue weighted by Crippen LogP contribution is -2.49. The number of urea groups is 1. The van der Waals surface area contributed by atoms with Crippen molar-refractivity contribution in [2.45, 2.75) is 19.0 Å². The zero-order valence-electron chi connectivity index (χ0n) is 18.1. The number of methoxy groups -OCH3 is 1. The molecule has 0 unspecified atom stereocenters. The molecule has 0 radical (unpaired) electrons. The summed E-state index contributed by atoms with van der Waals surface area (Å²) < 4.78 is 12.0. The molecule has 0 saturated carbocycles. The summed E-state index contributed by atoms with van der Waals surface area (Å²) in [5.74, 6) is 6.32. The number of ether oxygens (including phenoxy) is 1. The normalized spacial score (nSPS) is 17.2. The molecule has 1 atom stereocenters. The molecule has 0 bridgehead atoms. The van der Waals surface area contributed by atoms with Gasteiger partial charge in [-0.05, 0) is 30.3 Å². The summed E-state index contributed by atoms with van der Waals surface area (Å²) in [4.78, 5) is 29.0. The molecule has 1 fully saturated rings. The second kappa shape index (κ2) is 7.93. The molecule has 1 aromatic carbocycles. The Morgan fingerprint density at radius 2 is 2.09 bits per heavy atom. The quantitative estimate of drug-likeness (QED) is 0.310. The van der Waals surface area contributed by atoms with E-state index in [-0.39, 0.29) is 18.3 Å². The van der Waals surface area contributed by atoms with Crippen LogP contribution in [0, 0.1) is 18.8 Å². The number of amides is 3. The molecule has 4 aromatic rings. The second-order valence-corrected chi connectivity index (χ2v) is 7.66. The first-order valence-corrected chi connectivity index (χ1v) is 10.2. The number of hydrogen-bond acceptors (Lipinski definition) is 8. The number of carbonyl (C=O) groups is 2. The third-order valence-electron chi connectivity index (χ3n) is 5.35. The largest absolute Gasteiger partial charge is 0.497 e. The average Bonchev–Trinajstić information content (AvgIpc) is 3.48. The minimum atomic E-state index is -1.60. The fourth-order valence-corrected chi connectivity index (χ4v) is 3.63. The number of fused-ring (bicyclic) bond motifs is 1. The summed E-state index contributed by atoms with van der Waals surface area (Å²) in [7, 11) is 1.53. The first-order chi connectivity index (χ1) is 16.4. The highest BCUT2D eigenvalue weighted by Crippen LogP contribution is 2.32. The standard InChI is InChI=1S/C23H18N6O5/c1-13-27-28-19(34-13)18-6-3-14(10-24-18)7-8-23(21(31)25-22(32)26-23)12-29-11-15-4-5-16(33-2)9-17(15)20(29)30/h3-6,9-11,30H,12H2,1-2H3,(H2,25,26,31,32)/t23-/m1/s1. The van der Waals surface area contributed by atoms with Crippen molar-refractivity contribution in [1.82, 2.24) is 30.4 Å². The van der Waals surface area contributed by atoms with Gasteiger partial charge in [0.15, 0.2) is 5.88 Å². The molecule has 34 heavy (non-hydrogen) atoms. The Hall–Kier alpha value is -4.85. The van der Waals surface area contributed by atoms with Crippen molar-refractivity contribution in [3.8, 4) is 35.1 Å². The van der Waals surface area contributed by atoms with Crippen molar-refractivity contribution in [3.63, 3.8) is 0 Å². The van der Waals surface area contributed by atoms with E-state index in [0.29, 0.717) is 28.3 Å². The van der Waals surface area contributed by atoms with Crippen LogP contribution in [0.3, 0.4) is 0 Å². The van der Waals surface area contributed by atoms with E-state index in [1.807, 2.05) is 0 Å². The van der Waals surface area contributed by atoms with Gasteiger partial charge in [0, 0.05) is 35.7 Å². The van der Waals surface area contributed by atoms with Gasteiger partial charge >= 0.3 is 6.03 Å². The highest BCUT2D eigenvalue weighted by Gasteiger charge is 2.46. The van der Waals surface area contributed by atoms with Gasteiger partial charge in [-0.25, -0.2) is 9.78 Å². The van der Waals surface area contributed by atoms with Crippen LogP contribution in [0.2, 0.25) is 0 Å². The van der Waals surface area contributed by atoms with Crippen LogP contribution in [0.15, 0.2) is 47.1 Å². The number of hydrogen-bond donors (Lipinski definition) is 3. The van der Waals surface area contributed by atoms with E-state index in [1.54, 1.807) is 43.5 Å². The van der Waals surface area contributed by atoms with Gasteiger partial charge < -0.3 is 24.1 Å². The molecule has 4 heterocycles. The minimum absolute atomic E-state index is 0.0788. The number of benzene rings is 1. The third kappa shape index (κ3) is 3.67. The molecule has 3 amide bonds. The predicted octanol–water partition coefficient (Wildman–Crippen LogP) is 1.74. The van der Waals surface area contributed by atoms with Gasteiger partial charge in [0.2, 0.25) is 11.4 Å². The Balaban J connectivity index is 1.48. The predicted molar refractivity (Wildman–Crippen MR) is 119 cm³/mol. The number of imide groups is 1. The van der Waals surface area contributed by atoms with Crippen LogP contribution in [0.25, 0.3) is 22.4 Å². The van der Waals surface area contributed by atoms with E-state index in [1.165, 1.54) is 17.9 Å². The number of rotatable bonds is 4. The van der Waals surface area contributed by atoms with E-state index in [0.717, 1.165) is 5.39 Å². The summed E-state index contributed by atoms with van der Waals surface area (Å²) in [5.41, 5.74) is -0.622. The highest BCUT2D eigenvalue weighted by atomic mass is 16.5.